The molecule has 22 heavy (non-hydrogen) atoms. The Balaban J connectivity index is 2.95. The molecule has 1 rings (SSSR count). The van der Waals surface area contributed by atoms with Gasteiger partial charge in [0.05, 0.1) is 11.6 Å². The first-order chi connectivity index (χ1) is 9.93. The van der Waals surface area contributed by atoms with Crippen molar-refractivity contribution >= 4 is 5.91 Å². The number of hydrogen-bond acceptors (Lipinski definition) is 3. The number of hydrogen-bond donors (Lipinski definition) is 2. The zero-order chi connectivity index (χ0) is 17.1. The maximum Gasteiger partial charge on any atom is 0.416 e. The second-order valence-corrected chi connectivity index (χ2v) is 5.87. The second-order valence-electron chi connectivity index (χ2n) is 5.87. The lowest BCUT2D eigenvalue weighted by Gasteiger charge is -2.27. The van der Waals surface area contributed by atoms with E-state index >= 15 is 0 Å². The molecule has 1 atom stereocenters. The fourth-order valence-corrected chi connectivity index (χ4v) is 1.93. The molecule has 1 amide bonds. The SMILES string of the molecule is CN(C)[C@@H](CNC(=O)C(C)(C)O)c1cccc(C(F)(F)F)c1. The van der Waals surface area contributed by atoms with Gasteiger partial charge in [0.2, 0.25) is 0 Å². The first-order valence-corrected chi connectivity index (χ1v) is 6.77. The van der Waals surface area contributed by atoms with Crippen molar-refractivity contribution in [1.82, 2.24) is 10.2 Å². The molecule has 7 heteroatoms. The van der Waals surface area contributed by atoms with E-state index in [1.807, 2.05) is 0 Å². The highest BCUT2D eigenvalue weighted by Gasteiger charge is 2.31. The molecule has 0 aliphatic heterocycles. The van der Waals surface area contributed by atoms with Crippen LogP contribution in [0.2, 0.25) is 0 Å². The molecule has 0 saturated heterocycles. The van der Waals surface area contributed by atoms with Crippen LogP contribution in [-0.2, 0) is 11.0 Å². The van der Waals surface area contributed by atoms with Crippen LogP contribution in [0.4, 0.5) is 13.2 Å². The third kappa shape index (κ3) is 4.99. The summed E-state index contributed by atoms with van der Waals surface area (Å²) in [5.41, 5.74) is -1.83. The van der Waals surface area contributed by atoms with Gasteiger partial charge >= 0.3 is 6.18 Å². The molecule has 4 nitrogen and oxygen atoms in total. The van der Waals surface area contributed by atoms with E-state index in [4.69, 9.17) is 0 Å². The Morgan fingerprint density at radius 3 is 2.36 bits per heavy atom. The third-order valence-electron chi connectivity index (χ3n) is 3.23. The molecule has 0 aliphatic rings. The van der Waals surface area contributed by atoms with E-state index in [-0.39, 0.29) is 6.54 Å². The van der Waals surface area contributed by atoms with Crippen LogP contribution < -0.4 is 5.32 Å². The smallest absolute Gasteiger partial charge is 0.381 e. The number of aliphatic hydroxyl groups is 1. The van der Waals surface area contributed by atoms with Crippen molar-refractivity contribution < 1.29 is 23.1 Å². The number of nitrogens with zero attached hydrogens (tertiary/aromatic N) is 1. The van der Waals surface area contributed by atoms with Crippen molar-refractivity contribution in [3.63, 3.8) is 0 Å². The third-order valence-corrected chi connectivity index (χ3v) is 3.23. The zero-order valence-corrected chi connectivity index (χ0v) is 13.0. The minimum atomic E-state index is -4.41. The van der Waals surface area contributed by atoms with Gasteiger partial charge in [0.1, 0.15) is 5.60 Å². The van der Waals surface area contributed by atoms with Crippen molar-refractivity contribution in [3.8, 4) is 0 Å². The van der Waals surface area contributed by atoms with E-state index in [0.29, 0.717) is 5.56 Å². The lowest BCUT2D eigenvalue weighted by atomic mass is 10.0. The molecule has 0 spiro atoms. The van der Waals surface area contributed by atoms with Crippen LogP contribution in [-0.4, -0.2) is 42.2 Å². The van der Waals surface area contributed by atoms with Crippen LogP contribution >= 0.6 is 0 Å². The Bertz CT molecular complexity index is 522. The minimum Gasteiger partial charge on any atom is -0.381 e. The quantitative estimate of drug-likeness (QED) is 0.875. The monoisotopic (exact) mass is 318 g/mol. The maximum atomic E-state index is 12.8. The largest absolute Gasteiger partial charge is 0.416 e. The van der Waals surface area contributed by atoms with Gasteiger partial charge in [-0.25, -0.2) is 0 Å². The molecular weight excluding hydrogens is 297 g/mol. The summed E-state index contributed by atoms with van der Waals surface area (Å²) in [6.45, 7) is 2.78. The Morgan fingerprint density at radius 2 is 1.91 bits per heavy atom. The molecule has 0 fully saturated rings. The van der Waals surface area contributed by atoms with E-state index in [0.717, 1.165) is 12.1 Å². The Morgan fingerprint density at radius 1 is 1.32 bits per heavy atom. The molecule has 124 valence electrons. The number of carbonyl (C=O) groups excluding carboxylic acids is 1. The van der Waals surface area contributed by atoms with Gasteiger partial charge < -0.3 is 15.3 Å². The summed E-state index contributed by atoms with van der Waals surface area (Å²) in [5.74, 6) is -0.577. The van der Waals surface area contributed by atoms with Gasteiger partial charge in [-0.2, -0.15) is 13.2 Å². The van der Waals surface area contributed by atoms with Crippen LogP contribution in [0.25, 0.3) is 0 Å². The minimum absolute atomic E-state index is 0.0944. The van der Waals surface area contributed by atoms with Crippen molar-refractivity contribution in [1.29, 1.82) is 0 Å². The highest BCUT2D eigenvalue weighted by molar-refractivity contribution is 5.83. The molecule has 0 saturated carbocycles. The Hall–Kier alpha value is -1.60. The molecular formula is C15H21F3N2O2. The first kappa shape index (κ1) is 18.4. The average Bonchev–Trinajstić information content (AvgIpc) is 2.36. The van der Waals surface area contributed by atoms with E-state index in [9.17, 15) is 23.1 Å². The van der Waals surface area contributed by atoms with Crippen LogP contribution in [0.15, 0.2) is 24.3 Å². The average molecular weight is 318 g/mol. The summed E-state index contributed by atoms with van der Waals surface area (Å²) in [6.07, 6.45) is -4.41. The Labute approximate surface area is 127 Å². The highest BCUT2D eigenvalue weighted by Crippen LogP contribution is 2.31. The van der Waals surface area contributed by atoms with Gasteiger partial charge in [0.15, 0.2) is 0 Å². The number of rotatable bonds is 5. The topological polar surface area (TPSA) is 52.6 Å². The Kier molecular flexibility index (Phi) is 5.59. The summed E-state index contributed by atoms with van der Waals surface area (Å²) >= 11 is 0. The van der Waals surface area contributed by atoms with E-state index in [1.54, 1.807) is 25.1 Å². The van der Waals surface area contributed by atoms with Crippen molar-refractivity contribution in [3.05, 3.63) is 35.4 Å². The molecule has 0 radical (unpaired) electrons. The predicted octanol–water partition coefficient (Wildman–Crippen LogP) is 2.20. The van der Waals surface area contributed by atoms with Gasteiger partial charge in [-0.05, 0) is 45.6 Å². The molecule has 0 unspecified atom stereocenters. The van der Waals surface area contributed by atoms with E-state index in [2.05, 4.69) is 5.32 Å². The van der Waals surface area contributed by atoms with Gasteiger partial charge in [0, 0.05) is 6.54 Å². The van der Waals surface area contributed by atoms with Gasteiger partial charge in [-0.15, -0.1) is 0 Å². The van der Waals surface area contributed by atoms with E-state index < -0.39 is 29.3 Å². The molecule has 1 aromatic rings. The lowest BCUT2D eigenvalue weighted by molar-refractivity contribution is -0.138. The van der Waals surface area contributed by atoms with Crippen molar-refractivity contribution in [2.45, 2.75) is 31.7 Å². The number of nitrogens with one attached hydrogen (secondary N) is 1. The van der Waals surface area contributed by atoms with Crippen LogP contribution in [0.3, 0.4) is 0 Å². The number of halogens is 3. The lowest BCUT2D eigenvalue weighted by Crippen LogP contribution is -2.45. The molecule has 0 aromatic heterocycles. The summed E-state index contributed by atoms with van der Waals surface area (Å²) in [5, 5.41) is 12.1. The normalized spacial score (nSPS) is 14.0. The van der Waals surface area contributed by atoms with Crippen molar-refractivity contribution in [2.24, 2.45) is 0 Å². The standard InChI is InChI=1S/C15H21F3N2O2/c1-14(2,22)13(21)19-9-12(20(3)4)10-6-5-7-11(8-10)15(16,17)18/h5-8,12,22H,9H2,1-4H3,(H,19,21)/t12-/m0/s1. The molecule has 0 bridgehead atoms. The number of alkyl halides is 3. The number of amides is 1. The van der Waals surface area contributed by atoms with Gasteiger partial charge in [-0.1, -0.05) is 12.1 Å². The molecule has 0 heterocycles. The van der Waals surface area contributed by atoms with Crippen LogP contribution in [0, 0.1) is 0 Å². The summed E-state index contributed by atoms with van der Waals surface area (Å²) in [7, 11) is 3.42. The van der Waals surface area contributed by atoms with Crippen LogP contribution in [0.1, 0.15) is 31.0 Å². The van der Waals surface area contributed by atoms with Crippen molar-refractivity contribution in [2.75, 3.05) is 20.6 Å². The zero-order valence-electron chi connectivity index (χ0n) is 13.0. The first-order valence-electron chi connectivity index (χ1n) is 6.77. The predicted molar refractivity (Wildman–Crippen MR) is 77.2 cm³/mol. The summed E-state index contributed by atoms with van der Waals surface area (Å²) in [4.78, 5) is 13.4. The molecule has 2 N–H and O–H groups in total. The maximum absolute atomic E-state index is 12.8. The highest BCUT2D eigenvalue weighted by atomic mass is 19.4. The fourth-order valence-electron chi connectivity index (χ4n) is 1.93. The van der Waals surface area contributed by atoms with Gasteiger partial charge in [-0.3, -0.25) is 4.79 Å². The fraction of sp³-hybridized carbons (Fsp3) is 0.533. The summed E-state index contributed by atoms with van der Waals surface area (Å²) in [6, 6.07) is 4.56. The second kappa shape index (κ2) is 6.66. The number of benzene rings is 1. The van der Waals surface area contributed by atoms with E-state index in [1.165, 1.54) is 19.9 Å². The van der Waals surface area contributed by atoms with Crippen LogP contribution in [0.5, 0.6) is 0 Å². The molecule has 1 aromatic carbocycles. The van der Waals surface area contributed by atoms with Gasteiger partial charge in [0.25, 0.3) is 5.91 Å². The number of carbonyl (C=O) groups is 1. The summed E-state index contributed by atoms with van der Waals surface area (Å²) < 4.78 is 38.4. The molecule has 0 aliphatic carbocycles. The number of likely N-dealkylation sites (N-methyl/N-ethyl adjacent to an activating group) is 1.